The van der Waals surface area contributed by atoms with E-state index in [1.165, 1.54) is 11.1 Å². The molecule has 1 aromatic heterocycles. The van der Waals surface area contributed by atoms with Crippen molar-refractivity contribution in [2.75, 3.05) is 0 Å². The molecule has 1 heterocycles. The van der Waals surface area contributed by atoms with Gasteiger partial charge in [-0.2, -0.15) is 0 Å². The second kappa shape index (κ2) is 12.3. The number of nitrogens with zero attached hydrogens (tertiary/aromatic N) is 3. The average Bonchev–Trinajstić information content (AvgIpc) is 3.36. The van der Waals surface area contributed by atoms with E-state index in [1.54, 1.807) is 11.8 Å². The first-order valence-corrected chi connectivity index (χ1v) is 14.1. The lowest BCUT2D eigenvalue weighted by molar-refractivity contribution is -0.121. The number of hydrogen-bond acceptors (Lipinski definition) is 4. The molecule has 5 aromatic rings. The second-order valence-corrected chi connectivity index (χ2v) is 10.8. The number of halogens is 1. The molecule has 0 aliphatic heterocycles. The van der Waals surface area contributed by atoms with Crippen molar-refractivity contribution in [1.29, 1.82) is 0 Å². The van der Waals surface area contributed by atoms with Crippen LogP contribution in [0.15, 0.2) is 108 Å². The molecule has 5 nitrogen and oxygen atoms in total. The van der Waals surface area contributed by atoms with Gasteiger partial charge in [-0.3, -0.25) is 9.36 Å². The number of amides is 1. The van der Waals surface area contributed by atoms with Gasteiger partial charge in [0.25, 0.3) is 0 Å². The predicted molar refractivity (Wildman–Crippen MR) is 158 cm³/mol. The standard InChI is InChI=1S/C32H29ClN4OS/c1-22-10-9-11-24(18-22)21-39-32-36-35-29(37(32)28-19-27(33)17-16-23(28)2)20-34-31(38)30(25-12-5-3-6-13-25)26-14-7-4-8-15-26/h3-19,30H,20-21H2,1-2H3,(H,34,38). The Hall–Kier alpha value is -3.87. The molecular formula is C32H29ClN4OS. The first-order valence-electron chi connectivity index (χ1n) is 12.8. The van der Waals surface area contributed by atoms with Crippen LogP contribution in [0.1, 0.15) is 39.6 Å². The van der Waals surface area contributed by atoms with Crippen LogP contribution in [-0.2, 0) is 17.1 Å². The summed E-state index contributed by atoms with van der Waals surface area (Å²) in [6.45, 7) is 4.34. The van der Waals surface area contributed by atoms with Crippen molar-refractivity contribution in [1.82, 2.24) is 20.1 Å². The number of benzene rings is 4. The van der Waals surface area contributed by atoms with E-state index >= 15 is 0 Å². The van der Waals surface area contributed by atoms with Gasteiger partial charge < -0.3 is 5.32 Å². The minimum absolute atomic E-state index is 0.0984. The molecule has 7 heteroatoms. The molecule has 4 aromatic carbocycles. The SMILES string of the molecule is Cc1cccc(CSc2nnc(CNC(=O)C(c3ccccc3)c3ccccc3)n2-c2cc(Cl)ccc2C)c1. The molecule has 0 fully saturated rings. The molecule has 0 atom stereocenters. The quantitative estimate of drug-likeness (QED) is 0.195. The summed E-state index contributed by atoms with van der Waals surface area (Å²) in [5.74, 6) is 0.849. The highest BCUT2D eigenvalue weighted by Gasteiger charge is 2.24. The number of carbonyl (C=O) groups is 1. The van der Waals surface area contributed by atoms with E-state index in [1.807, 2.05) is 90.4 Å². The number of nitrogens with one attached hydrogen (secondary N) is 1. The van der Waals surface area contributed by atoms with Crippen molar-refractivity contribution in [2.24, 2.45) is 0 Å². The highest BCUT2D eigenvalue weighted by Crippen LogP contribution is 2.29. The van der Waals surface area contributed by atoms with E-state index in [0.717, 1.165) is 33.3 Å². The molecule has 0 saturated heterocycles. The molecule has 0 radical (unpaired) electrons. The zero-order valence-electron chi connectivity index (χ0n) is 21.8. The summed E-state index contributed by atoms with van der Waals surface area (Å²) in [4.78, 5) is 13.6. The van der Waals surface area contributed by atoms with Crippen molar-refractivity contribution >= 4 is 29.3 Å². The molecule has 0 aliphatic rings. The Bertz CT molecular complexity index is 1530. The largest absolute Gasteiger partial charge is 0.348 e. The third kappa shape index (κ3) is 6.41. The monoisotopic (exact) mass is 552 g/mol. The van der Waals surface area contributed by atoms with E-state index in [0.29, 0.717) is 10.8 Å². The third-order valence-corrected chi connectivity index (χ3v) is 7.75. The van der Waals surface area contributed by atoms with Crippen LogP contribution in [0.5, 0.6) is 0 Å². The number of aryl methyl sites for hydroxylation is 2. The van der Waals surface area contributed by atoms with Crippen LogP contribution < -0.4 is 5.32 Å². The van der Waals surface area contributed by atoms with Crippen molar-refractivity contribution in [3.05, 3.63) is 142 Å². The van der Waals surface area contributed by atoms with Gasteiger partial charge in [0, 0.05) is 10.8 Å². The van der Waals surface area contributed by atoms with Gasteiger partial charge in [0.15, 0.2) is 11.0 Å². The molecule has 1 N–H and O–H groups in total. The van der Waals surface area contributed by atoms with Crippen molar-refractivity contribution in [3.8, 4) is 5.69 Å². The van der Waals surface area contributed by atoms with E-state index < -0.39 is 5.92 Å². The van der Waals surface area contributed by atoms with Gasteiger partial charge in [-0.1, -0.05) is 120 Å². The summed E-state index contributed by atoms with van der Waals surface area (Å²) >= 11 is 8.01. The fourth-order valence-electron chi connectivity index (χ4n) is 4.58. The van der Waals surface area contributed by atoms with Crippen LogP contribution in [0.3, 0.4) is 0 Å². The maximum Gasteiger partial charge on any atom is 0.232 e. The Labute approximate surface area is 238 Å². The highest BCUT2D eigenvalue weighted by atomic mass is 35.5. The van der Waals surface area contributed by atoms with Gasteiger partial charge in [-0.15, -0.1) is 10.2 Å². The van der Waals surface area contributed by atoms with E-state index in [2.05, 4.69) is 46.7 Å². The summed E-state index contributed by atoms with van der Waals surface area (Å²) in [7, 11) is 0. The Kier molecular flexibility index (Phi) is 8.45. The van der Waals surface area contributed by atoms with Crippen LogP contribution in [0, 0.1) is 13.8 Å². The fourth-order valence-corrected chi connectivity index (χ4v) is 5.65. The first kappa shape index (κ1) is 26.7. The molecule has 0 spiro atoms. The van der Waals surface area contributed by atoms with E-state index in [4.69, 9.17) is 11.6 Å². The van der Waals surface area contributed by atoms with Crippen molar-refractivity contribution < 1.29 is 4.79 Å². The van der Waals surface area contributed by atoms with Gasteiger partial charge >= 0.3 is 0 Å². The highest BCUT2D eigenvalue weighted by molar-refractivity contribution is 7.98. The average molecular weight is 553 g/mol. The summed E-state index contributed by atoms with van der Waals surface area (Å²) in [5.41, 5.74) is 6.23. The molecule has 0 bridgehead atoms. The molecule has 196 valence electrons. The molecular weight excluding hydrogens is 524 g/mol. The maximum atomic E-state index is 13.6. The van der Waals surface area contributed by atoms with Gasteiger partial charge in [0.05, 0.1) is 18.2 Å². The lowest BCUT2D eigenvalue weighted by Gasteiger charge is -2.18. The van der Waals surface area contributed by atoms with Gasteiger partial charge in [-0.25, -0.2) is 0 Å². The van der Waals surface area contributed by atoms with Gasteiger partial charge in [0.2, 0.25) is 5.91 Å². The normalized spacial score (nSPS) is 11.1. The summed E-state index contributed by atoms with van der Waals surface area (Å²) < 4.78 is 2.00. The molecule has 0 saturated carbocycles. The fraction of sp³-hybridized carbons (Fsp3) is 0.156. The third-order valence-electron chi connectivity index (χ3n) is 6.51. The molecule has 1 amide bonds. The lowest BCUT2D eigenvalue weighted by Crippen LogP contribution is -2.30. The summed E-state index contributed by atoms with van der Waals surface area (Å²) in [6.07, 6.45) is 0. The molecule has 0 aliphatic carbocycles. The van der Waals surface area contributed by atoms with Crippen LogP contribution >= 0.6 is 23.4 Å². The molecule has 39 heavy (non-hydrogen) atoms. The van der Waals surface area contributed by atoms with Crippen molar-refractivity contribution in [3.63, 3.8) is 0 Å². The lowest BCUT2D eigenvalue weighted by atomic mass is 9.90. The topological polar surface area (TPSA) is 59.8 Å². The van der Waals surface area contributed by atoms with Crippen LogP contribution in [0.25, 0.3) is 5.69 Å². The smallest absolute Gasteiger partial charge is 0.232 e. The maximum absolute atomic E-state index is 13.6. The number of hydrogen-bond donors (Lipinski definition) is 1. The minimum atomic E-state index is -0.438. The summed E-state index contributed by atoms with van der Waals surface area (Å²) in [6, 6.07) is 33.8. The first-order chi connectivity index (χ1) is 19.0. The van der Waals surface area contributed by atoms with Gasteiger partial charge in [0.1, 0.15) is 0 Å². The Morgan fingerprint density at radius 3 is 2.23 bits per heavy atom. The van der Waals surface area contributed by atoms with E-state index in [-0.39, 0.29) is 12.5 Å². The minimum Gasteiger partial charge on any atom is -0.348 e. The van der Waals surface area contributed by atoms with Gasteiger partial charge in [-0.05, 0) is 48.2 Å². The number of thioether (sulfide) groups is 1. The summed E-state index contributed by atoms with van der Waals surface area (Å²) in [5, 5.41) is 13.5. The zero-order valence-corrected chi connectivity index (χ0v) is 23.4. The molecule has 5 rings (SSSR count). The Morgan fingerprint density at radius 1 is 0.872 bits per heavy atom. The van der Waals surface area contributed by atoms with Crippen LogP contribution in [0.2, 0.25) is 5.02 Å². The Morgan fingerprint density at radius 2 is 1.56 bits per heavy atom. The predicted octanol–water partition coefficient (Wildman–Crippen LogP) is 7.28. The number of rotatable bonds is 9. The Balaban J connectivity index is 1.44. The second-order valence-electron chi connectivity index (χ2n) is 9.41. The van der Waals surface area contributed by atoms with E-state index in [9.17, 15) is 4.79 Å². The molecule has 0 unspecified atom stereocenters. The number of carbonyl (C=O) groups excluding carboxylic acids is 1. The van der Waals surface area contributed by atoms with Crippen LogP contribution in [-0.4, -0.2) is 20.7 Å². The number of aromatic nitrogens is 3. The van der Waals surface area contributed by atoms with Crippen molar-refractivity contribution in [2.45, 2.75) is 37.2 Å². The van der Waals surface area contributed by atoms with Crippen LogP contribution in [0.4, 0.5) is 0 Å². The zero-order chi connectivity index (χ0) is 27.2.